The maximum atomic E-state index is 11.8. The molecule has 0 spiro atoms. The molecule has 6 heteroatoms. The molecule has 1 rings (SSSR count). The summed E-state index contributed by atoms with van der Waals surface area (Å²) in [6.45, 7) is 3.77. The molecule has 0 aliphatic heterocycles. The molecule has 0 heterocycles. The van der Waals surface area contributed by atoms with Gasteiger partial charge in [-0.05, 0) is 20.3 Å². The fourth-order valence-electron chi connectivity index (χ4n) is 1.65. The molecule has 17 heavy (non-hydrogen) atoms. The Hall–Kier alpha value is -1.14. The molecule has 0 radical (unpaired) electrons. The number of aliphatic carboxylic acids is 1. The number of carbonyl (C=O) groups excluding carboxylic acids is 1. The van der Waals surface area contributed by atoms with Crippen LogP contribution in [0.1, 0.15) is 20.3 Å². The van der Waals surface area contributed by atoms with Gasteiger partial charge < -0.3 is 19.9 Å². The summed E-state index contributed by atoms with van der Waals surface area (Å²) >= 11 is 0. The summed E-state index contributed by atoms with van der Waals surface area (Å²) in [5.74, 6) is -1.63. The van der Waals surface area contributed by atoms with Crippen LogP contribution in [0, 0.1) is 5.92 Å². The van der Waals surface area contributed by atoms with Crippen molar-refractivity contribution in [2.24, 2.45) is 5.92 Å². The van der Waals surface area contributed by atoms with Crippen LogP contribution in [0.15, 0.2) is 0 Å². The van der Waals surface area contributed by atoms with Gasteiger partial charge in [-0.3, -0.25) is 4.79 Å². The number of amides is 1. The lowest BCUT2D eigenvalue weighted by Crippen LogP contribution is -2.56. The van der Waals surface area contributed by atoms with Gasteiger partial charge in [-0.15, -0.1) is 0 Å². The highest BCUT2D eigenvalue weighted by atomic mass is 16.5. The van der Waals surface area contributed by atoms with Gasteiger partial charge in [0.05, 0.1) is 18.6 Å². The van der Waals surface area contributed by atoms with Crippen molar-refractivity contribution in [3.63, 3.8) is 0 Å². The Bertz CT molecular complexity index is 306. The predicted octanol–water partition coefficient (Wildman–Crippen LogP) is 0.0173. The van der Waals surface area contributed by atoms with Gasteiger partial charge in [0.1, 0.15) is 0 Å². The molecular weight excluding hydrogens is 226 g/mol. The Balaban J connectivity index is 2.52. The van der Waals surface area contributed by atoms with Crippen molar-refractivity contribution >= 4 is 11.9 Å². The highest BCUT2D eigenvalue weighted by Crippen LogP contribution is 2.34. The van der Waals surface area contributed by atoms with Crippen molar-refractivity contribution in [2.45, 2.75) is 31.9 Å². The van der Waals surface area contributed by atoms with Gasteiger partial charge >= 0.3 is 5.97 Å². The van der Waals surface area contributed by atoms with Gasteiger partial charge in [0.2, 0.25) is 5.91 Å². The molecule has 1 aliphatic carbocycles. The minimum absolute atomic E-state index is 0.0689. The first-order valence-corrected chi connectivity index (χ1v) is 5.60. The average Bonchev–Trinajstić information content (AvgIpc) is 2.98. The summed E-state index contributed by atoms with van der Waals surface area (Å²) in [5, 5.41) is 11.6. The quantitative estimate of drug-likeness (QED) is 0.660. The molecule has 6 nitrogen and oxygen atoms in total. The molecule has 0 aromatic carbocycles. The lowest BCUT2D eigenvalue weighted by molar-refractivity contribution is -0.149. The number of methoxy groups -OCH3 is 1. The third-order valence-electron chi connectivity index (χ3n) is 2.75. The van der Waals surface area contributed by atoms with Gasteiger partial charge in [0.25, 0.3) is 0 Å². The maximum Gasteiger partial charge on any atom is 0.331 e. The van der Waals surface area contributed by atoms with Crippen molar-refractivity contribution in [1.29, 1.82) is 0 Å². The molecular formula is C11H19NO5. The van der Waals surface area contributed by atoms with Crippen LogP contribution in [0.2, 0.25) is 0 Å². The lowest BCUT2D eigenvalue weighted by Gasteiger charge is -2.25. The predicted molar refractivity (Wildman–Crippen MR) is 59.6 cm³/mol. The Kier molecular flexibility index (Phi) is 4.47. The van der Waals surface area contributed by atoms with E-state index in [-0.39, 0.29) is 24.5 Å². The Morgan fingerprint density at radius 3 is 2.65 bits per heavy atom. The maximum absolute atomic E-state index is 11.8. The molecule has 1 amide bonds. The SMILES string of the molecule is CCOC1CC1C(=O)NC(C)(COC)C(=O)O. The molecule has 1 fully saturated rings. The van der Waals surface area contributed by atoms with Crippen LogP contribution in [0.25, 0.3) is 0 Å². The van der Waals surface area contributed by atoms with Crippen LogP contribution in [0.3, 0.4) is 0 Å². The fraction of sp³-hybridized carbons (Fsp3) is 0.818. The van der Waals surface area contributed by atoms with E-state index in [1.807, 2.05) is 6.92 Å². The van der Waals surface area contributed by atoms with Crippen LogP contribution in [0.4, 0.5) is 0 Å². The Labute approximate surface area is 100 Å². The van der Waals surface area contributed by atoms with E-state index in [0.29, 0.717) is 13.0 Å². The Morgan fingerprint density at radius 2 is 2.18 bits per heavy atom. The van der Waals surface area contributed by atoms with Gasteiger partial charge in [-0.25, -0.2) is 4.79 Å². The first-order chi connectivity index (χ1) is 7.94. The van der Waals surface area contributed by atoms with E-state index < -0.39 is 11.5 Å². The molecule has 0 aromatic heterocycles. The molecule has 1 saturated carbocycles. The molecule has 3 atom stereocenters. The first kappa shape index (κ1) is 13.9. The average molecular weight is 245 g/mol. The van der Waals surface area contributed by atoms with E-state index in [4.69, 9.17) is 14.6 Å². The number of hydrogen-bond donors (Lipinski definition) is 2. The molecule has 98 valence electrons. The topological polar surface area (TPSA) is 84.9 Å². The molecule has 0 aromatic rings. The van der Waals surface area contributed by atoms with Crippen LogP contribution in [0.5, 0.6) is 0 Å². The summed E-state index contributed by atoms with van der Waals surface area (Å²) < 4.78 is 10.1. The monoisotopic (exact) mass is 245 g/mol. The van der Waals surface area contributed by atoms with Crippen LogP contribution < -0.4 is 5.32 Å². The highest BCUT2D eigenvalue weighted by molar-refractivity contribution is 5.89. The van der Waals surface area contributed by atoms with Crippen LogP contribution in [-0.4, -0.2) is 48.9 Å². The van der Waals surface area contributed by atoms with Crippen molar-refractivity contribution in [3.05, 3.63) is 0 Å². The number of rotatable bonds is 7. The van der Waals surface area contributed by atoms with E-state index in [2.05, 4.69) is 5.32 Å². The molecule has 3 unspecified atom stereocenters. The van der Waals surface area contributed by atoms with Crippen molar-refractivity contribution < 1.29 is 24.2 Å². The standard InChI is InChI=1S/C11H19NO5/c1-4-17-8-5-7(8)9(13)12-11(2,6-16-3)10(14)15/h7-8H,4-6H2,1-3H3,(H,12,13)(H,14,15). The second-order valence-electron chi connectivity index (χ2n) is 4.40. The largest absolute Gasteiger partial charge is 0.479 e. The number of carboxylic acid groups (broad SMARTS) is 1. The van der Waals surface area contributed by atoms with Gasteiger partial charge in [0, 0.05) is 13.7 Å². The smallest absolute Gasteiger partial charge is 0.331 e. The summed E-state index contributed by atoms with van der Waals surface area (Å²) in [4.78, 5) is 22.8. The van der Waals surface area contributed by atoms with E-state index in [0.717, 1.165) is 0 Å². The van der Waals surface area contributed by atoms with E-state index in [9.17, 15) is 9.59 Å². The molecule has 1 aliphatic rings. The van der Waals surface area contributed by atoms with Gasteiger partial charge in [0.15, 0.2) is 5.54 Å². The van der Waals surface area contributed by atoms with Crippen LogP contribution in [-0.2, 0) is 19.1 Å². The van der Waals surface area contributed by atoms with Crippen molar-refractivity contribution in [1.82, 2.24) is 5.32 Å². The summed E-state index contributed by atoms with van der Waals surface area (Å²) in [6.07, 6.45) is 0.586. The Morgan fingerprint density at radius 1 is 1.53 bits per heavy atom. The number of carboxylic acids is 1. The van der Waals surface area contributed by atoms with E-state index in [1.165, 1.54) is 14.0 Å². The van der Waals surface area contributed by atoms with E-state index in [1.54, 1.807) is 0 Å². The molecule has 2 N–H and O–H groups in total. The zero-order chi connectivity index (χ0) is 13.1. The normalized spacial score (nSPS) is 26.1. The number of carbonyl (C=O) groups is 2. The summed E-state index contributed by atoms with van der Waals surface area (Å²) in [5.41, 5.74) is -1.38. The molecule has 0 bridgehead atoms. The minimum atomic E-state index is -1.38. The highest BCUT2D eigenvalue weighted by Gasteiger charge is 2.47. The zero-order valence-electron chi connectivity index (χ0n) is 10.4. The third-order valence-corrected chi connectivity index (χ3v) is 2.75. The minimum Gasteiger partial charge on any atom is -0.479 e. The fourth-order valence-corrected chi connectivity index (χ4v) is 1.65. The molecule has 0 saturated heterocycles. The van der Waals surface area contributed by atoms with E-state index >= 15 is 0 Å². The third kappa shape index (κ3) is 3.41. The van der Waals surface area contributed by atoms with Gasteiger partial charge in [-0.1, -0.05) is 0 Å². The summed E-state index contributed by atoms with van der Waals surface area (Å²) in [7, 11) is 1.40. The van der Waals surface area contributed by atoms with Crippen molar-refractivity contribution in [3.8, 4) is 0 Å². The van der Waals surface area contributed by atoms with Crippen molar-refractivity contribution in [2.75, 3.05) is 20.3 Å². The first-order valence-electron chi connectivity index (χ1n) is 5.60. The summed E-state index contributed by atoms with van der Waals surface area (Å²) in [6, 6.07) is 0. The van der Waals surface area contributed by atoms with Crippen LogP contribution >= 0.6 is 0 Å². The zero-order valence-corrected chi connectivity index (χ0v) is 10.4. The van der Waals surface area contributed by atoms with Gasteiger partial charge in [-0.2, -0.15) is 0 Å². The number of hydrogen-bond acceptors (Lipinski definition) is 4. The second-order valence-corrected chi connectivity index (χ2v) is 4.40. The number of nitrogens with one attached hydrogen (secondary N) is 1. The lowest BCUT2D eigenvalue weighted by atomic mass is 10.0. The number of ether oxygens (including phenoxy) is 2. The second kappa shape index (κ2) is 5.46.